The Morgan fingerprint density at radius 1 is 0.840 bits per heavy atom. The molecule has 0 amide bonds. The second-order valence-corrected chi connectivity index (χ2v) is 5.71. The number of benzene rings is 3. The Bertz CT molecular complexity index is 1070. The van der Waals surface area contributed by atoms with Gasteiger partial charge < -0.3 is 4.74 Å². The summed E-state index contributed by atoms with van der Waals surface area (Å²) < 4.78 is 7.84. The van der Waals surface area contributed by atoms with E-state index in [0.717, 1.165) is 22.6 Å². The summed E-state index contributed by atoms with van der Waals surface area (Å²) in [5.74, 6) is 1.56. The molecular weight excluding hydrogens is 312 g/mol. The van der Waals surface area contributed by atoms with Gasteiger partial charge in [0.05, 0.1) is 18.3 Å². The van der Waals surface area contributed by atoms with E-state index >= 15 is 0 Å². The van der Waals surface area contributed by atoms with E-state index in [1.54, 1.807) is 0 Å². The van der Waals surface area contributed by atoms with Crippen molar-refractivity contribution in [2.75, 3.05) is 0 Å². The molecule has 0 radical (unpaired) electrons. The van der Waals surface area contributed by atoms with Gasteiger partial charge in [0.15, 0.2) is 0 Å². The Kier molecular flexibility index (Phi) is 4.01. The SMILES string of the molecule is O=c1cnn(Cc2ccccc2Oc2ccccc2)c2ccccc12. The van der Waals surface area contributed by atoms with Crippen molar-refractivity contribution in [1.29, 1.82) is 0 Å². The average molecular weight is 328 g/mol. The van der Waals surface area contributed by atoms with Gasteiger partial charge in [-0.25, -0.2) is 0 Å². The molecule has 0 atom stereocenters. The molecule has 1 aromatic heterocycles. The van der Waals surface area contributed by atoms with Crippen LogP contribution in [0.2, 0.25) is 0 Å². The zero-order valence-electron chi connectivity index (χ0n) is 13.5. The van der Waals surface area contributed by atoms with Crippen LogP contribution in [0.5, 0.6) is 11.5 Å². The maximum atomic E-state index is 12.0. The summed E-state index contributed by atoms with van der Waals surface area (Å²) in [4.78, 5) is 12.0. The first-order chi connectivity index (χ1) is 12.3. The van der Waals surface area contributed by atoms with Gasteiger partial charge in [0.1, 0.15) is 11.5 Å². The van der Waals surface area contributed by atoms with E-state index < -0.39 is 0 Å². The molecule has 0 aliphatic carbocycles. The summed E-state index contributed by atoms with van der Waals surface area (Å²) in [5.41, 5.74) is 1.73. The second-order valence-electron chi connectivity index (χ2n) is 5.71. The lowest BCUT2D eigenvalue weighted by Gasteiger charge is -2.13. The van der Waals surface area contributed by atoms with Crippen LogP contribution in [-0.4, -0.2) is 9.78 Å². The van der Waals surface area contributed by atoms with Gasteiger partial charge in [-0.1, -0.05) is 48.5 Å². The van der Waals surface area contributed by atoms with Crippen molar-refractivity contribution in [2.24, 2.45) is 0 Å². The third-order valence-electron chi connectivity index (χ3n) is 4.03. The van der Waals surface area contributed by atoms with Crippen molar-refractivity contribution in [1.82, 2.24) is 9.78 Å². The van der Waals surface area contributed by atoms with E-state index in [0.29, 0.717) is 11.9 Å². The third-order valence-corrected chi connectivity index (χ3v) is 4.03. The van der Waals surface area contributed by atoms with Gasteiger partial charge in [-0.05, 0) is 30.3 Å². The Hall–Kier alpha value is -3.40. The van der Waals surface area contributed by atoms with Crippen LogP contribution >= 0.6 is 0 Å². The topological polar surface area (TPSA) is 44.1 Å². The highest BCUT2D eigenvalue weighted by molar-refractivity contribution is 5.78. The number of para-hydroxylation sites is 3. The first kappa shape index (κ1) is 15.1. The zero-order chi connectivity index (χ0) is 17.1. The lowest BCUT2D eigenvalue weighted by Crippen LogP contribution is -2.13. The van der Waals surface area contributed by atoms with Crippen molar-refractivity contribution in [3.05, 3.63) is 101 Å². The Morgan fingerprint density at radius 3 is 2.44 bits per heavy atom. The number of fused-ring (bicyclic) bond motifs is 1. The zero-order valence-corrected chi connectivity index (χ0v) is 13.5. The van der Waals surface area contributed by atoms with E-state index in [1.807, 2.05) is 83.5 Å². The second kappa shape index (κ2) is 6.61. The van der Waals surface area contributed by atoms with E-state index in [-0.39, 0.29) is 5.43 Å². The number of rotatable bonds is 4. The minimum Gasteiger partial charge on any atom is -0.457 e. The summed E-state index contributed by atoms with van der Waals surface area (Å²) in [6, 6.07) is 25.0. The fourth-order valence-corrected chi connectivity index (χ4v) is 2.80. The van der Waals surface area contributed by atoms with Gasteiger partial charge in [0.2, 0.25) is 5.43 Å². The summed E-state index contributed by atoms with van der Waals surface area (Å²) in [6.07, 6.45) is 1.36. The van der Waals surface area contributed by atoms with Crippen molar-refractivity contribution in [2.45, 2.75) is 6.54 Å². The molecule has 122 valence electrons. The molecule has 25 heavy (non-hydrogen) atoms. The highest BCUT2D eigenvalue weighted by Crippen LogP contribution is 2.26. The predicted octanol–water partition coefficient (Wildman–Crippen LogP) is 4.24. The lowest BCUT2D eigenvalue weighted by molar-refractivity contribution is 0.472. The predicted molar refractivity (Wildman–Crippen MR) is 98.1 cm³/mol. The van der Waals surface area contributed by atoms with Gasteiger partial charge in [-0.2, -0.15) is 5.10 Å². The molecule has 0 bridgehead atoms. The molecule has 0 fully saturated rings. The molecule has 4 aromatic rings. The molecule has 3 aromatic carbocycles. The Morgan fingerprint density at radius 2 is 1.56 bits per heavy atom. The summed E-state index contributed by atoms with van der Waals surface area (Å²) in [5, 5.41) is 4.96. The Labute approximate surface area is 144 Å². The molecule has 0 N–H and O–H groups in total. The minimum absolute atomic E-state index is 0.0688. The van der Waals surface area contributed by atoms with E-state index in [9.17, 15) is 4.79 Å². The van der Waals surface area contributed by atoms with Gasteiger partial charge in [-0.3, -0.25) is 9.48 Å². The number of hydrogen-bond donors (Lipinski definition) is 0. The van der Waals surface area contributed by atoms with Crippen LogP contribution in [0.15, 0.2) is 89.9 Å². The standard InChI is InChI=1S/C21H16N2O2/c24-20-14-22-23(19-12-6-5-11-18(19)20)15-16-8-4-7-13-21(16)25-17-9-2-1-3-10-17/h1-14H,15H2. The number of hydrogen-bond acceptors (Lipinski definition) is 3. The van der Waals surface area contributed by atoms with Gasteiger partial charge in [0, 0.05) is 10.9 Å². The fraction of sp³-hybridized carbons (Fsp3) is 0.0476. The average Bonchev–Trinajstić information content (AvgIpc) is 2.67. The lowest BCUT2D eigenvalue weighted by atomic mass is 10.2. The molecule has 0 aliphatic heterocycles. The van der Waals surface area contributed by atoms with Crippen LogP contribution < -0.4 is 10.2 Å². The van der Waals surface area contributed by atoms with Crippen LogP contribution in [0.3, 0.4) is 0 Å². The van der Waals surface area contributed by atoms with Crippen molar-refractivity contribution in [3.8, 4) is 11.5 Å². The summed E-state index contributed by atoms with van der Waals surface area (Å²) >= 11 is 0. The van der Waals surface area contributed by atoms with Crippen LogP contribution in [0.4, 0.5) is 0 Å². The van der Waals surface area contributed by atoms with E-state index in [2.05, 4.69) is 5.10 Å². The molecule has 4 heteroatoms. The van der Waals surface area contributed by atoms with Gasteiger partial charge >= 0.3 is 0 Å². The van der Waals surface area contributed by atoms with Gasteiger partial charge in [-0.15, -0.1) is 0 Å². The highest BCUT2D eigenvalue weighted by atomic mass is 16.5. The number of aromatic nitrogens is 2. The normalized spacial score (nSPS) is 10.7. The van der Waals surface area contributed by atoms with Crippen molar-refractivity contribution < 1.29 is 4.74 Å². The minimum atomic E-state index is -0.0688. The first-order valence-corrected chi connectivity index (χ1v) is 8.07. The summed E-state index contributed by atoms with van der Waals surface area (Å²) in [7, 11) is 0. The largest absolute Gasteiger partial charge is 0.457 e. The molecular formula is C21H16N2O2. The number of ether oxygens (including phenoxy) is 1. The van der Waals surface area contributed by atoms with Crippen LogP contribution in [0, 0.1) is 0 Å². The molecule has 0 spiro atoms. The van der Waals surface area contributed by atoms with E-state index in [1.165, 1.54) is 6.20 Å². The fourth-order valence-electron chi connectivity index (χ4n) is 2.80. The monoisotopic (exact) mass is 328 g/mol. The molecule has 4 rings (SSSR count). The number of nitrogens with zero attached hydrogens (tertiary/aromatic N) is 2. The molecule has 4 nitrogen and oxygen atoms in total. The molecule has 0 saturated carbocycles. The van der Waals surface area contributed by atoms with E-state index in [4.69, 9.17) is 4.74 Å². The first-order valence-electron chi connectivity index (χ1n) is 8.07. The Balaban J connectivity index is 1.73. The third kappa shape index (κ3) is 3.15. The van der Waals surface area contributed by atoms with Crippen LogP contribution in [-0.2, 0) is 6.54 Å². The molecule has 0 aliphatic rings. The quantitative estimate of drug-likeness (QED) is 0.563. The van der Waals surface area contributed by atoms with Crippen molar-refractivity contribution in [3.63, 3.8) is 0 Å². The highest BCUT2D eigenvalue weighted by Gasteiger charge is 2.08. The van der Waals surface area contributed by atoms with Crippen molar-refractivity contribution >= 4 is 10.9 Å². The smallest absolute Gasteiger partial charge is 0.207 e. The maximum absolute atomic E-state index is 12.0. The van der Waals surface area contributed by atoms with Crippen LogP contribution in [0.25, 0.3) is 10.9 Å². The maximum Gasteiger partial charge on any atom is 0.207 e. The molecule has 0 saturated heterocycles. The molecule has 0 unspecified atom stereocenters. The summed E-state index contributed by atoms with van der Waals surface area (Å²) in [6.45, 7) is 0.518. The van der Waals surface area contributed by atoms with Crippen LogP contribution in [0.1, 0.15) is 5.56 Å². The molecule has 1 heterocycles. The van der Waals surface area contributed by atoms with Gasteiger partial charge in [0.25, 0.3) is 0 Å².